The van der Waals surface area contributed by atoms with Crippen LogP contribution >= 0.6 is 0 Å². The van der Waals surface area contributed by atoms with Crippen molar-refractivity contribution in [3.63, 3.8) is 0 Å². The number of fused-ring (bicyclic) bond motifs is 7. The van der Waals surface area contributed by atoms with Gasteiger partial charge in [0.15, 0.2) is 0 Å². The van der Waals surface area contributed by atoms with Gasteiger partial charge in [-0.25, -0.2) is 0 Å². The van der Waals surface area contributed by atoms with Crippen LogP contribution in [0, 0.1) is 0 Å². The van der Waals surface area contributed by atoms with Crippen LogP contribution < -0.4 is 4.90 Å². The Morgan fingerprint density at radius 1 is 0.279 bits per heavy atom. The summed E-state index contributed by atoms with van der Waals surface area (Å²) < 4.78 is 12.8. The Labute approximate surface area is 353 Å². The molecule has 0 saturated heterocycles. The van der Waals surface area contributed by atoms with Gasteiger partial charge in [0.2, 0.25) is 0 Å². The molecule has 0 unspecified atom stereocenters. The molecule has 0 amide bonds. The van der Waals surface area contributed by atoms with Crippen LogP contribution in [-0.2, 0) is 0 Å². The van der Waals surface area contributed by atoms with E-state index in [1.54, 1.807) is 0 Å². The first kappa shape index (κ1) is 34.9. The molecule has 61 heavy (non-hydrogen) atoms. The van der Waals surface area contributed by atoms with Crippen LogP contribution in [0.25, 0.3) is 99.2 Å². The first-order valence-corrected chi connectivity index (χ1v) is 20.7. The van der Waals surface area contributed by atoms with Crippen molar-refractivity contribution in [3.8, 4) is 44.5 Å². The second kappa shape index (κ2) is 14.3. The molecule has 0 spiro atoms. The second-order valence-electron chi connectivity index (χ2n) is 15.6. The van der Waals surface area contributed by atoms with Crippen molar-refractivity contribution in [2.75, 3.05) is 4.90 Å². The number of nitrogens with zero attached hydrogens (tertiary/aromatic N) is 1. The zero-order valence-electron chi connectivity index (χ0n) is 33.1. The minimum Gasteiger partial charge on any atom is -0.456 e. The van der Waals surface area contributed by atoms with E-state index in [1.807, 2.05) is 24.3 Å². The first-order chi connectivity index (χ1) is 30.2. The van der Waals surface area contributed by atoms with Crippen molar-refractivity contribution >= 4 is 71.7 Å². The largest absolute Gasteiger partial charge is 0.456 e. The van der Waals surface area contributed by atoms with Gasteiger partial charge in [-0.05, 0) is 93.2 Å². The van der Waals surface area contributed by atoms with E-state index in [0.29, 0.717) is 0 Å². The van der Waals surface area contributed by atoms with Gasteiger partial charge in [0.05, 0.1) is 11.4 Å². The summed E-state index contributed by atoms with van der Waals surface area (Å²) in [6.07, 6.45) is 0. The summed E-state index contributed by atoms with van der Waals surface area (Å²) in [5, 5.41) is 6.91. The van der Waals surface area contributed by atoms with Crippen molar-refractivity contribution < 1.29 is 8.83 Å². The van der Waals surface area contributed by atoms with Crippen molar-refractivity contribution in [2.24, 2.45) is 0 Å². The molecule has 0 aliphatic rings. The van der Waals surface area contributed by atoms with Crippen molar-refractivity contribution in [1.82, 2.24) is 0 Å². The second-order valence-corrected chi connectivity index (χ2v) is 15.6. The Morgan fingerprint density at radius 2 is 0.803 bits per heavy atom. The predicted octanol–water partition coefficient (Wildman–Crippen LogP) is 16.8. The maximum atomic E-state index is 6.49. The molecule has 286 valence electrons. The van der Waals surface area contributed by atoms with Crippen molar-refractivity contribution in [3.05, 3.63) is 224 Å². The highest BCUT2D eigenvalue weighted by atomic mass is 16.3. The molecule has 0 atom stereocenters. The molecule has 3 heteroatoms. The molecule has 0 N–H and O–H groups in total. The number of para-hydroxylation sites is 5. The lowest BCUT2D eigenvalue weighted by atomic mass is 9.91. The molecule has 0 saturated carbocycles. The number of hydrogen-bond acceptors (Lipinski definition) is 3. The van der Waals surface area contributed by atoms with E-state index in [2.05, 4.69) is 205 Å². The highest BCUT2D eigenvalue weighted by molar-refractivity contribution is 6.10. The molecule has 0 aliphatic carbocycles. The van der Waals surface area contributed by atoms with Crippen LogP contribution in [0.3, 0.4) is 0 Å². The lowest BCUT2D eigenvalue weighted by molar-refractivity contribution is 0.669. The highest BCUT2D eigenvalue weighted by Crippen LogP contribution is 2.48. The van der Waals surface area contributed by atoms with E-state index in [0.717, 1.165) is 94.3 Å². The maximum Gasteiger partial charge on any atom is 0.143 e. The Balaban J connectivity index is 1.06. The van der Waals surface area contributed by atoms with Crippen LogP contribution in [0.1, 0.15) is 0 Å². The van der Waals surface area contributed by atoms with Crippen LogP contribution in [-0.4, -0.2) is 0 Å². The van der Waals surface area contributed by atoms with E-state index in [4.69, 9.17) is 8.83 Å². The average Bonchev–Trinajstić information content (AvgIpc) is 3.90. The van der Waals surface area contributed by atoms with Crippen LogP contribution in [0.5, 0.6) is 0 Å². The molecule has 0 radical (unpaired) electrons. The smallest absolute Gasteiger partial charge is 0.143 e. The minimum atomic E-state index is 0.880. The Bertz CT molecular complexity index is 3610. The molecule has 0 bridgehead atoms. The van der Waals surface area contributed by atoms with Gasteiger partial charge in [-0.2, -0.15) is 0 Å². The molecule has 2 aromatic heterocycles. The van der Waals surface area contributed by atoms with Crippen LogP contribution in [0.4, 0.5) is 17.1 Å². The molecule has 12 aromatic rings. The SMILES string of the molecule is c1ccc(-c2ccccc2N(c2ccc(-c3cccc4c3oc3ccccc34)cc2)c2ccccc2-c2ccc3oc4ccccc4c3c2)c(-c2ccc3ccccc3c2)c1. The van der Waals surface area contributed by atoms with E-state index in [9.17, 15) is 0 Å². The van der Waals surface area contributed by atoms with Gasteiger partial charge in [0, 0.05) is 43.9 Å². The van der Waals surface area contributed by atoms with Gasteiger partial charge in [-0.1, -0.05) is 170 Å². The van der Waals surface area contributed by atoms with Crippen LogP contribution in [0.2, 0.25) is 0 Å². The fraction of sp³-hybridized carbons (Fsp3) is 0. The van der Waals surface area contributed by atoms with E-state index in [-0.39, 0.29) is 0 Å². The Morgan fingerprint density at radius 3 is 1.61 bits per heavy atom. The topological polar surface area (TPSA) is 29.5 Å². The van der Waals surface area contributed by atoms with E-state index >= 15 is 0 Å². The first-order valence-electron chi connectivity index (χ1n) is 20.7. The third-order valence-corrected chi connectivity index (χ3v) is 12.1. The number of furan rings is 2. The molecule has 3 nitrogen and oxygen atoms in total. The lowest BCUT2D eigenvalue weighted by Crippen LogP contribution is -2.12. The Kier molecular flexibility index (Phi) is 8.17. The van der Waals surface area contributed by atoms with Gasteiger partial charge in [-0.3, -0.25) is 0 Å². The summed E-state index contributed by atoms with van der Waals surface area (Å²) in [4.78, 5) is 2.42. The molecule has 0 aliphatic heterocycles. The average molecular weight is 780 g/mol. The third-order valence-electron chi connectivity index (χ3n) is 12.1. The zero-order valence-corrected chi connectivity index (χ0v) is 33.1. The summed E-state index contributed by atoms with van der Waals surface area (Å²) in [5.74, 6) is 0. The number of anilines is 3. The molecular formula is C58H37NO2. The highest BCUT2D eigenvalue weighted by Gasteiger charge is 2.23. The fourth-order valence-corrected chi connectivity index (χ4v) is 9.20. The number of benzene rings is 10. The van der Waals surface area contributed by atoms with Gasteiger partial charge >= 0.3 is 0 Å². The van der Waals surface area contributed by atoms with Crippen molar-refractivity contribution in [2.45, 2.75) is 0 Å². The van der Waals surface area contributed by atoms with Crippen LogP contribution in [0.15, 0.2) is 233 Å². The molecule has 0 fully saturated rings. The van der Waals surface area contributed by atoms with E-state index < -0.39 is 0 Å². The minimum absolute atomic E-state index is 0.880. The Hall–Kier alpha value is -8.14. The number of hydrogen-bond donors (Lipinski definition) is 0. The van der Waals surface area contributed by atoms with Gasteiger partial charge < -0.3 is 13.7 Å². The summed E-state index contributed by atoms with van der Waals surface area (Å²) in [6.45, 7) is 0. The van der Waals surface area contributed by atoms with E-state index in [1.165, 1.54) is 21.9 Å². The number of rotatable bonds is 7. The third kappa shape index (κ3) is 5.90. The maximum absolute atomic E-state index is 6.49. The monoisotopic (exact) mass is 779 g/mol. The molecular weight excluding hydrogens is 743 g/mol. The van der Waals surface area contributed by atoms with Crippen molar-refractivity contribution in [1.29, 1.82) is 0 Å². The fourth-order valence-electron chi connectivity index (χ4n) is 9.20. The zero-order chi connectivity index (χ0) is 40.3. The standard InChI is InChI=1S/C58H37NO2/c1-2-15-40-36-41(29-28-38(40)14-1)44-16-3-4-18-47(44)48-19-6-10-25-54(48)59(43-33-30-39(31-34-43)46-22-13-23-51-49-20-7-12-27-56(49)61-58(46)51)53-24-9-5-17-45(53)42-32-35-57-52(37-42)50-21-8-11-26-55(50)60-57/h1-37H. The van der Waals surface area contributed by atoms with Gasteiger partial charge in [-0.15, -0.1) is 0 Å². The molecule has 12 rings (SSSR count). The normalized spacial score (nSPS) is 11.6. The predicted molar refractivity (Wildman–Crippen MR) is 255 cm³/mol. The van der Waals surface area contributed by atoms with Gasteiger partial charge in [0.1, 0.15) is 22.3 Å². The summed E-state index contributed by atoms with van der Waals surface area (Å²) in [6, 6.07) is 80.1. The summed E-state index contributed by atoms with van der Waals surface area (Å²) in [5.41, 5.74) is 15.8. The molecule has 10 aromatic carbocycles. The summed E-state index contributed by atoms with van der Waals surface area (Å²) in [7, 11) is 0. The lowest BCUT2D eigenvalue weighted by Gasteiger charge is -2.30. The quantitative estimate of drug-likeness (QED) is 0.161. The summed E-state index contributed by atoms with van der Waals surface area (Å²) >= 11 is 0. The van der Waals surface area contributed by atoms with Gasteiger partial charge in [0.25, 0.3) is 0 Å². The molecule has 2 heterocycles.